The lowest BCUT2D eigenvalue weighted by Gasteiger charge is -2.46. The highest BCUT2D eigenvalue weighted by atomic mass is 32.9. The third-order valence-electron chi connectivity index (χ3n) is 6.61. The van der Waals surface area contributed by atoms with Gasteiger partial charge in [-0.15, -0.1) is 0 Å². The Morgan fingerprint density at radius 3 is 1.70 bits per heavy atom. The molecule has 1 aromatic heterocycles. The van der Waals surface area contributed by atoms with E-state index in [4.69, 9.17) is 48.2 Å². The summed E-state index contributed by atoms with van der Waals surface area (Å²) in [7, 11) is 2.34. The molecule has 1 aromatic rings. The Kier molecular flexibility index (Phi) is 13.4. The van der Waals surface area contributed by atoms with Gasteiger partial charge in [0.2, 0.25) is 0 Å². The Hall–Kier alpha value is -3.92. The molecule has 3 rings (SSSR count). The number of carbonyl (C=O) groups is 5. The first kappa shape index (κ1) is 37.5. The van der Waals surface area contributed by atoms with Crippen molar-refractivity contribution in [1.82, 2.24) is 4.57 Å². The monoisotopic (exact) mass is 708 g/mol. The fraction of sp³-hybridized carbons (Fsp3) is 0.720. The van der Waals surface area contributed by atoms with E-state index in [0.29, 0.717) is 25.2 Å². The van der Waals surface area contributed by atoms with E-state index in [0.717, 1.165) is 34.6 Å². The summed E-state index contributed by atoms with van der Waals surface area (Å²) < 4.78 is 50.6. The quantitative estimate of drug-likeness (QED) is 0.0689. The van der Waals surface area contributed by atoms with Gasteiger partial charge >= 0.3 is 39.6 Å². The van der Waals surface area contributed by atoms with Crippen LogP contribution in [0.25, 0.3) is 10.4 Å². The fourth-order valence-corrected chi connectivity index (χ4v) is 6.70. The van der Waals surface area contributed by atoms with Crippen LogP contribution in [0.2, 0.25) is 0 Å². The number of ether oxygens (including phenoxy) is 9. The number of hydrogen-bond donors (Lipinski definition) is 0. The number of rotatable bonds is 12. The molecule has 0 aliphatic carbocycles. The zero-order chi connectivity index (χ0) is 35.0. The lowest BCUT2D eigenvalue weighted by molar-refractivity contribution is -0.309. The summed E-state index contributed by atoms with van der Waals surface area (Å²) in [5, 5.41) is 3.59. The number of carbonyl (C=O) groups excluding carboxylic acids is 5. The highest BCUT2D eigenvalue weighted by Crippen LogP contribution is 2.36. The van der Waals surface area contributed by atoms with Crippen molar-refractivity contribution in [3.63, 3.8) is 0 Å². The van der Waals surface area contributed by atoms with Gasteiger partial charge in [0.15, 0.2) is 37.0 Å². The molecule has 2 fully saturated rings. The molecule has 47 heavy (non-hydrogen) atoms. The van der Waals surface area contributed by atoms with Crippen LogP contribution in [-0.4, -0.2) is 110 Å². The zero-order valence-electron chi connectivity index (χ0n) is 25.8. The minimum absolute atomic E-state index is 0.548. The maximum Gasteiger partial charge on any atom is 0.321 e. The first-order chi connectivity index (χ1) is 22.2. The van der Waals surface area contributed by atoms with Crippen molar-refractivity contribution in [1.29, 1.82) is 0 Å². The molecule has 0 radical (unpaired) electrons. The largest absolute Gasteiger partial charge is 0.463 e. The number of esters is 5. The molecule has 0 saturated carbocycles. The molecule has 10 atom stereocenters. The molecule has 260 valence electrons. The van der Waals surface area contributed by atoms with E-state index in [1.165, 1.54) is 7.11 Å². The molecule has 22 heteroatoms. The van der Waals surface area contributed by atoms with Crippen molar-refractivity contribution in [3.8, 4) is 0 Å². The van der Waals surface area contributed by atoms with Crippen LogP contribution in [0.5, 0.6) is 0 Å². The van der Waals surface area contributed by atoms with E-state index in [1.54, 1.807) is 0 Å². The van der Waals surface area contributed by atoms with E-state index in [1.807, 2.05) is 0 Å². The second-order valence-electron chi connectivity index (χ2n) is 10.0. The van der Waals surface area contributed by atoms with Crippen LogP contribution in [0.1, 0.15) is 40.7 Å². The third-order valence-corrected chi connectivity index (χ3v) is 8.47. The number of methoxy groups -OCH3 is 1. The lowest BCUT2D eigenvalue weighted by atomic mass is 9.95. The van der Waals surface area contributed by atoms with E-state index >= 15 is 0 Å². The van der Waals surface area contributed by atoms with Crippen molar-refractivity contribution in [2.75, 3.05) is 20.3 Å². The van der Waals surface area contributed by atoms with Crippen LogP contribution in [0.3, 0.4) is 0 Å². The molecule has 3 heterocycles. The average molecular weight is 709 g/mol. The predicted molar refractivity (Wildman–Crippen MR) is 154 cm³/mol. The topological polar surface area (TPSA) is 256 Å². The number of hydrogen-bond acceptors (Lipinski definition) is 19. The van der Waals surface area contributed by atoms with Crippen molar-refractivity contribution >= 4 is 50.5 Å². The van der Waals surface area contributed by atoms with E-state index in [2.05, 4.69) is 10.0 Å². The summed E-state index contributed by atoms with van der Waals surface area (Å²) in [6, 6.07) is -2.92. The van der Waals surface area contributed by atoms with Gasteiger partial charge < -0.3 is 42.6 Å². The summed E-state index contributed by atoms with van der Waals surface area (Å²) >= 11 is 0. The van der Waals surface area contributed by atoms with Crippen molar-refractivity contribution < 1.29 is 66.6 Å². The van der Waals surface area contributed by atoms with Gasteiger partial charge in [-0.1, -0.05) is 5.11 Å². The third kappa shape index (κ3) is 9.56. The van der Waals surface area contributed by atoms with Crippen LogP contribution in [0, 0.1) is 0 Å². The van der Waals surface area contributed by atoms with Gasteiger partial charge in [0, 0.05) is 46.6 Å². The first-order valence-electron chi connectivity index (χ1n) is 13.7. The Labute approximate surface area is 272 Å². The van der Waals surface area contributed by atoms with Crippen LogP contribution < -0.4 is 9.75 Å². The van der Waals surface area contributed by atoms with Gasteiger partial charge in [-0.3, -0.25) is 33.6 Å². The molecule has 2 aliphatic rings. The minimum Gasteiger partial charge on any atom is -0.463 e. The summed E-state index contributed by atoms with van der Waals surface area (Å²) in [6.45, 7) is 4.16. The number of nitrogens with zero attached hydrogens (tertiary/aromatic N) is 4. The van der Waals surface area contributed by atoms with E-state index in [-0.39, 0.29) is 0 Å². The van der Waals surface area contributed by atoms with Gasteiger partial charge in [-0.2, -0.15) is 0 Å². The normalized spacial score (nSPS) is 30.3. The summed E-state index contributed by atoms with van der Waals surface area (Å²) in [4.78, 5) is 87.2. The SMILES string of the molecule is CO[C@@H]1O[C@H](CO[C@@H]2O[C@H](COC(C)=O)[C@@H](OC(C)=O)[C@H](OC(C)=O)[C@H]2n2c(=O)ssc2=O)[C@H](OC(C)=O)[C@H](OC(C)=O)[C@H]1N=[N+]=[N-]. The summed E-state index contributed by atoms with van der Waals surface area (Å²) in [5.74, 6) is -4.17. The second-order valence-corrected chi connectivity index (χ2v) is 12.0. The molecule has 20 nitrogen and oxygen atoms in total. The number of aromatic nitrogens is 1. The van der Waals surface area contributed by atoms with Crippen LogP contribution in [-0.2, 0) is 66.6 Å². The van der Waals surface area contributed by atoms with E-state index < -0.39 is 114 Å². The van der Waals surface area contributed by atoms with Gasteiger partial charge in [-0.25, -0.2) is 4.57 Å². The smallest absolute Gasteiger partial charge is 0.321 e. The zero-order valence-corrected chi connectivity index (χ0v) is 27.5. The molecule has 0 spiro atoms. The van der Waals surface area contributed by atoms with Gasteiger partial charge in [-0.05, 0) is 26.2 Å². The van der Waals surface area contributed by atoms with Crippen LogP contribution in [0.15, 0.2) is 14.7 Å². The highest BCUT2D eigenvalue weighted by Gasteiger charge is 2.55. The molecule has 2 saturated heterocycles. The predicted octanol–water partition coefficient (Wildman–Crippen LogP) is -0.0458. The fourth-order valence-electron chi connectivity index (χ4n) is 5.02. The first-order valence-corrected chi connectivity index (χ1v) is 15.9. The van der Waals surface area contributed by atoms with Gasteiger partial charge in [0.25, 0.3) is 0 Å². The number of azide groups is 1. The minimum atomic E-state index is -1.69. The summed E-state index contributed by atoms with van der Waals surface area (Å²) in [5.41, 5.74) is 9.13. The molecule has 0 unspecified atom stereocenters. The summed E-state index contributed by atoms with van der Waals surface area (Å²) in [6.07, 6.45) is -11.8. The maximum atomic E-state index is 12.9. The Morgan fingerprint density at radius 1 is 0.745 bits per heavy atom. The lowest BCUT2D eigenvalue weighted by Crippen LogP contribution is -2.63. The van der Waals surface area contributed by atoms with Gasteiger partial charge in [0.05, 0.1) is 6.61 Å². The van der Waals surface area contributed by atoms with Crippen LogP contribution >= 0.6 is 20.7 Å². The van der Waals surface area contributed by atoms with Crippen molar-refractivity contribution in [2.24, 2.45) is 5.11 Å². The molecule has 2 aliphatic heterocycles. The molecule has 0 bridgehead atoms. The van der Waals surface area contributed by atoms with Gasteiger partial charge in [0.1, 0.15) is 30.9 Å². The standard InChI is InChI=1S/C25H32N4O16S2/c1-9(30)38-7-14-19(41-11(3)32)21(43-13(5)34)17(29-24(35)46-47-25(29)36)23(45-14)39-8-15-18(40-10(2)31)20(42-12(4)33)16(27-28-26)22(37-6)44-15/h14-23H,7-8H2,1-6H3/t14-,15-,16-,17-,18+,19-,20-,21-,22-,23-/m1/s1. The Bertz CT molecular complexity index is 1460. The van der Waals surface area contributed by atoms with Crippen molar-refractivity contribution in [3.05, 3.63) is 29.8 Å². The molecular formula is C25H32N4O16S2. The Balaban J connectivity index is 2.10. The average Bonchev–Trinajstić information content (AvgIpc) is 3.30. The molecular weight excluding hydrogens is 676 g/mol. The second kappa shape index (κ2) is 16.8. The maximum absolute atomic E-state index is 12.9. The Morgan fingerprint density at radius 2 is 1.21 bits per heavy atom. The molecule has 0 amide bonds. The van der Waals surface area contributed by atoms with E-state index in [9.17, 15) is 33.6 Å². The van der Waals surface area contributed by atoms with Crippen molar-refractivity contribution in [2.45, 2.75) is 95.9 Å². The van der Waals surface area contributed by atoms with Crippen LogP contribution in [0.4, 0.5) is 0 Å². The highest BCUT2D eigenvalue weighted by molar-refractivity contribution is 7.67. The molecule has 0 aromatic carbocycles. The molecule has 0 N–H and O–H groups in total.